The fourth-order valence-electron chi connectivity index (χ4n) is 4.66. The number of hydrogen-bond acceptors (Lipinski definition) is 5. The van der Waals surface area contributed by atoms with Crippen molar-refractivity contribution in [3.05, 3.63) is 53.2 Å². The first kappa shape index (κ1) is 22.6. The Morgan fingerprint density at radius 3 is 2.50 bits per heavy atom. The number of anilines is 1. The lowest BCUT2D eigenvalue weighted by atomic mass is 10.1. The van der Waals surface area contributed by atoms with Crippen LogP contribution in [0.4, 0.5) is 5.82 Å². The van der Waals surface area contributed by atoms with Gasteiger partial charge in [-0.3, -0.25) is 9.69 Å². The number of amides is 1. The number of nitrogens with zero attached hydrogens (tertiary/aromatic N) is 4. The molecule has 1 amide bonds. The van der Waals surface area contributed by atoms with Crippen LogP contribution < -0.4 is 9.64 Å². The highest BCUT2D eigenvalue weighted by molar-refractivity contribution is 5.84. The summed E-state index contributed by atoms with van der Waals surface area (Å²) >= 11 is 0. The predicted octanol–water partition coefficient (Wildman–Crippen LogP) is 3.80. The molecule has 0 N–H and O–H groups in total. The van der Waals surface area contributed by atoms with E-state index in [1.807, 2.05) is 11.1 Å². The van der Waals surface area contributed by atoms with E-state index in [1.54, 1.807) is 0 Å². The maximum atomic E-state index is 13.1. The summed E-state index contributed by atoms with van der Waals surface area (Å²) in [5, 5.41) is 0. The van der Waals surface area contributed by atoms with Gasteiger partial charge in [-0.1, -0.05) is 43.2 Å². The topological polar surface area (TPSA) is 48.9 Å². The predicted molar refractivity (Wildman–Crippen MR) is 128 cm³/mol. The molecule has 0 radical (unpaired) electrons. The molecule has 172 valence electrons. The van der Waals surface area contributed by atoms with E-state index in [2.05, 4.69) is 60.9 Å². The molecule has 4 rings (SSSR count). The van der Waals surface area contributed by atoms with Crippen LogP contribution in [-0.4, -0.2) is 66.1 Å². The largest absolute Gasteiger partial charge is 0.492 e. The molecule has 6 heteroatoms. The van der Waals surface area contributed by atoms with Crippen LogP contribution >= 0.6 is 0 Å². The Bertz CT molecular complexity index is 907. The SMILES string of the molecule is CCCCOc1cnc(N2CCN([C@@H]3CCN(Cc4ccc(C)cc4)C3=O)CC2)c(C)c1. The van der Waals surface area contributed by atoms with Crippen LogP contribution in [0.3, 0.4) is 0 Å². The second-order valence-electron chi connectivity index (χ2n) is 9.09. The van der Waals surface area contributed by atoms with Crippen LogP contribution in [0.25, 0.3) is 0 Å². The first-order valence-corrected chi connectivity index (χ1v) is 12.0. The van der Waals surface area contributed by atoms with Crippen molar-refractivity contribution in [3.63, 3.8) is 0 Å². The summed E-state index contributed by atoms with van der Waals surface area (Å²) in [5.74, 6) is 2.16. The lowest BCUT2D eigenvalue weighted by Gasteiger charge is -2.38. The molecule has 2 aliphatic rings. The minimum atomic E-state index is 0.0194. The molecular weight excluding hydrogens is 400 g/mol. The van der Waals surface area contributed by atoms with Gasteiger partial charge in [-0.15, -0.1) is 0 Å². The van der Waals surface area contributed by atoms with E-state index in [0.717, 1.165) is 75.7 Å². The molecule has 0 unspecified atom stereocenters. The van der Waals surface area contributed by atoms with Crippen molar-refractivity contribution in [2.75, 3.05) is 44.2 Å². The molecule has 0 aliphatic carbocycles. The van der Waals surface area contributed by atoms with E-state index in [-0.39, 0.29) is 11.9 Å². The number of pyridine rings is 1. The smallest absolute Gasteiger partial charge is 0.240 e. The molecular formula is C26H36N4O2. The normalized spacial score (nSPS) is 19.6. The van der Waals surface area contributed by atoms with Crippen molar-refractivity contribution >= 4 is 11.7 Å². The van der Waals surface area contributed by atoms with Gasteiger partial charge in [0.2, 0.25) is 5.91 Å². The first-order chi connectivity index (χ1) is 15.5. The van der Waals surface area contributed by atoms with Crippen LogP contribution in [0.15, 0.2) is 36.5 Å². The molecule has 1 aromatic heterocycles. The summed E-state index contributed by atoms with van der Waals surface area (Å²) in [6, 6.07) is 10.6. The van der Waals surface area contributed by atoms with E-state index in [9.17, 15) is 4.79 Å². The molecule has 0 bridgehead atoms. The van der Waals surface area contributed by atoms with E-state index in [4.69, 9.17) is 9.72 Å². The molecule has 1 aromatic carbocycles. The number of ether oxygens (including phenoxy) is 1. The third-order valence-electron chi connectivity index (χ3n) is 6.61. The Morgan fingerprint density at radius 1 is 1.06 bits per heavy atom. The van der Waals surface area contributed by atoms with Crippen molar-refractivity contribution in [3.8, 4) is 5.75 Å². The van der Waals surface area contributed by atoms with E-state index >= 15 is 0 Å². The quantitative estimate of drug-likeness (QED) is 0.589. The van der Waals surface area contributed by atoms with E-state index in [1.165, 1.54) is 11.1 Å². The Labute approximate surface area is 192 Å². The number of carbonyl (C=O) groups excluding carboxylic acids is 1. The van der Waals surface area contributed by atoms with Crippen LogP contribution in [0.5, 0.6) is 5.75 Å². The summed E-state index contributed by atoms with van der Waals surface area (Å²) in [6.45, 7) is 12.2. The van der Waals surface area contributed by atoms with Crippen molar-refractivity contribution in [2.24, 2.45) is 0 Å². The molecule has 2 aromatic rings. The molecule has 1 atom stereocenters. The van der Waals surface area contributed by atoms with Crippen molar-refractivity contribution in [1.29, 1.82) is 0 Å². The lowest BCUT2D eigenvalue weighted by molar-refractivity contribution is -0.132. The summed E-state index contributed by atoms with van der Waals surface area (Å²) in [5.41, 5.74) is 3.60. The lowest BCUT2D eigenvalue weighted by Crippen LogP contribution is -2.52. The number of rotatable bonds is 8. The Morgan fingerprint density at radius 2 is 1.81 bits per heavy atom. The van der Waals surface area contributed by atoms with Gasteiger partial charge in [-0.05, 0) is 43.9 Å². The molecule has 0 saturated carbocycles. The molecule has 3 heterocycles. The van der Waals surface area contributed by atoms with Crippen molar-refractivity contribution < 1.29 is 9.53 Å². The number of carbonyl (C=O) groups is 1. The van der Waals surface area contributed by atoms with Crippen LogP contribution in [0, 0.1) is 13.8 Å². The second kappa shape index (κ2) is 10.3. The van der Waals surface area contributed by atoms with Gasteiger partial charge in [0.25, 0.3) is 0 Å². The van der Waals surface area contributed by atoms with Crippen molar-refractivity contribution in [1.82, 2.24) is 14.8 Å². The summed E-state index contributed by atoms with van der Waals surface area (Å²) in [7, 11) is 0. The molecule has 32 heavy (non-hydrogen) atoms. The molecule has 2 saturated heterocycles. The van der Waals surface area contributed by atoms with Gasteiger partial charge >= 0.3 is 0 Å². The van der Waals surface area contributed by atoms with Gasteiger partial charge in [0.15, 0.2) is 0 Å². The fraction of sp³-hybridized carbons (Fsp3) is 0.538. The number of unbranched alkanes of at least 4 members (excludes halogenated alkanes) is 1. The third kappa shape index (κ3) is 5.23. The van der Waals surface area contributed by atoms with Gasteiger partial charge < -0.3 is 14.5 Å². The first-order valence-electron chi connectivity index (χ1n) is 12.0. The van der Waals surface area contributed by atoms with E-state index < -0.39 is 0 Å². The Hall–Kier alpha value is -2.60. The molecule has 6 nitrogen and oxygen atoms in total. The maximum absolute atomic E-state index is 13.1. The number of likely N-dealkylation sites (tertiary alicyclic amines) is 1. The maximum Gasteiger partial charge on any atom is 0.240 e. The van der Waals surface area contributed by atoms with Crippen LogP contribution in [0.2, 0.25) is 0 Å². The van der Waals surface area contributed by atoms with Crippen LogP contribution in [0.1, 0.15) is 42.9 Å². The zero-order chi connectivity index (χ0) is 22.5. The van der Waals surface area contributed by atoms with Gasteiger partial charge in [0.1, 0.15) is 11.6 Å². The Balaban J connectivity index is 1.30. The minimum Gasteiger partial charge on any atom is -0.492 e. The summed E-state index contributed by atoms with van der Waals surface area (Å²) in [6.07, 6.45) is 4.95. The molecule has 0 spiro atoms. The highest BCUT2D eigenvalue weighted by Gasteiger charge is 2.37. The minimum absolute atomic E-state index is 0.0194. The molecule has 2 fully saturated rings. The second-order valence-corrected chi connectivity index (χ2v) is 9.09. The zero-order valence-electron chi connectivity index (χ0n) is 19.7. The number of hydrogen-bond donors (Lipinski definition) is 0. The average molecular weight is 437 g/mol. The van der Waals surface area contributed by atoms with Gasteiger partial charge in [0, 0.05) is 39.3 Å². The van der Waals surface area contributed by atoms with Crippen molar-refractivity contribution in [2.45, 2.75) is 52.6 Å². The number of benzene rings is 1. The Kier molecular flexibility index (Phi) is 7.30. The standard InChI is InChI=1S/C26H36N4O2/c1-4-5-16-32-23-17-21(3)25(27-18-23)29-14-12-28(13-15-29)24-10-11-30(26(24)31)19-22-8-6-20(2)7-9-22/h6-9,17-18,24H,4-5,10-16,19H2,1-3H3/t24-/m1/s1. The highest BCUT2D eigenvalue weighted by atomic mass is 16.5. The highest BCUT2D eigenvalue weighted by Crippen LogP contribution is 2.25. The van der Waals surface area contributed by atoms with Gasteiger partial charge in [-0.25, -0.2) is 4.98 Å². The van der Waals surface area contributed by atoms with Crippen LogP contribution in [-0.2, 0) is 11.3 Å². The fourth-order valence-corrected chi connectivity index (χ4v) is 4.66. The summed E-state index contributed by atoms with van der Waals surface area (Å²) < 4.78 is 5.79. The number of aryl methyl sites for hydroxylation is 2. The van der Waals surface area contributed by atoms with E-state index in [0.29, 0.717) is 6.54 Å². The third-order valence-corrected chi connectivity index (χ3v) is 6.61. The molecule has 2 aliphatic heterocycles. The number of piperazine rings is 1. The zero-order valence-corrected chi connectivity index (χ0v) is 19.7. The monoisotopic (exact) mass is 436 g/mol. The summed E-state index contributed by atoms with van der Waals surface area (Å²) in [4.78, 5) is 24.5. The van der Waals surface area contributed by atoms with Gasteiger partial charge in [0.05, 0.1) is 18.8 Å². The van der Waals surface area contributed by atoms with Gasteiger partial charge in [-0.2, -0.15) is 0 Å². The average Bonchev–Trinajstić information content (AvgIpc) is 3.16. The number of aromatic nitrogens is 1.